The highest BCUT2D eigenvalue weighted by atomic mass is 16.6. The molecule has 2 amide bonds. The van der Waals surface area contributed by atoms with Crippen LogP contribution in [0.4, 0.5) is 4.79 Å². The number of amides is 2. The molecule has 2 rings (SSSR count). The average molecular weight is 361 g/mol. The van der Waals surface area contributed by atoms with E-state index in [0.29, 0.717) is 18.9 Å². The van der Waals surface area contributed by atoms with Crippen molar-refractivity contribution >= 4 is 12.0 Å². The number of pyridine rings is 1. The summed E-state index contributed by atoms with van der Waals surface area (Å²) in [7, 11) is 0. The first kappa shape index (κ1) is 20.2. The van der Waals surface area contributed by atoms with Gasteiger partial charge in [-0.25, -0.2) is 4.79 Å². The van der Waals surface area contributed by atoms with Crippen LogP contribution < -0.4 is 10.6 Å². The third-order valence-corrected chi connectivity index (χ3v) is 4.47. The van der Waals surface area contributed by atoms with E-state index in [9.17, 15) is 9.59 Å². The molecule has 1 saturated carbocycles. The van der Waals surface area contributed by atoms with Crippen LogP contribution in [-0.4, -0.2) is 34.7 Å². The van der Waals surface area contributed by atoms with Gasteiger partial charge in [-0.15, -0.1) is 0 Å². The summed E-state index contributed by atoms with van der Waals surface area (Å²) in [5.74, 6) is 0.415. The first-order valence-electron chi connectivity index (χ1n) is 9.36. The molecule has 1 aliphatic carbocycles. The van der Waals surface area contributed by atoms with Gasteiger partial charge in [0.05, 0.1) is 5.54 Å². The minimum Gasteiger partial charge on any atom is -0.444 e. The van der Waals surface area contributed by atoms with E-state index in [0.717, 1.165) is 31.4 Å². The summed E-state index contributed by atoms with van der Waals surface area (Å²) in [6, 6.07) is 5.81. The van der Waals surface area contributed by atoms with Crippen molar-refractivity contribution in [2.24, 2.45) is 5.92 Å². The van der Waals surface area contributed by atoms with Gasteiger partial charge in [0.15, 0.2) is 0 Å². The molecule has 1 aromatic rings. The normalized spacial score (nSPS) is 16.5. The van der Waals surface area contributed by atoms with E-state index in [1.807, 2.05) is 45.9 Å². The topological polar surface area (TPSA) is 80.3 Å². The number of ether oxygens (including phenoxy) is 1. The SMILES string of the molecule is CC(C)(C)OC(=O)NCC(C)(NC(=O)CCCc1ccccn1)C1CC1. The molecule has 1 atom stereocenters. The van der Waals surface area contributed by atoms with Gasteiger partial charge in [-0.2, -0.15) is 0 Å². The molecule has 26 heavy (non-hydrogen) atoms. The Labute approximate surface area is 156 Å². The Bertz CT molecular complexity index is 608. The standard InChI is InChI=1S/C20H31N3O3/c1-19(2,3)26-18(25)22-14-20(4,15-11-12-15)23-17(24)10-7-9-16-8-5-6-13-21-16/h5-6,8,13,15H,7,9-12,14H2,1-4H3,(H,22,25)(H,23,24). The molecule has 0 aliphatic heterocycles. The molecule has 144 valence electrons. The molecule has 6 nitrogen and oxygen atoms in total. The zero-order valence-electron chi connectivity index (χ0n) is 16.3. The molecule has 0 saturated heterocycles. The van der Waals surface area contributed by atoms with Gasteiger partial charge < -0.3 is 15.4 Å². The lowest BCUT2D eigenvalue weighted by molar-refractivity contribution is -0.123. The van der Waals surface area contributed by atoms with Crippen LogP contribution in [0.2, 0.25) is 0 Å². The monoisotopic (exact) mass is 361 g/mol. The van der Waals surface area contributed by atoms with Crippen molar-refractivity contribution in [3.63, 3.8) is 0 Å². The number of aromatic nitrogens is 1. The van der Waals surface area contributed by atoms with Crippen LogP contribution in [0.3, 0.4) is 0 Å². The zero-order valence-corrected chi connectivity index (χ0v) is 16.3. The van der Waals surface area contributed by atoms with Crippen molar-refractivity contribution in [1.82, 2.24) is 15.6 Å². The van der Waals surface area contributed by atoms with Gasteiger partial charge in [-0.1, -0.05) is 6.07 Å². The lowest BCUT2D eigenvalue weighted by atomic mass is 9.95. The van der Waals surface area contributed by atoms with Crippen molar-refractivity contribution in [2.75, 3.05) is 6.54 Å². The molecule has 0 bridgehead atoms. The summed E-state index contributed by atoms with van der Waals surface area (Å²) in [6.45, 7) is 7.86. The summed E-state index contributed by atoms with van der Waals surface area (Å²) < 4.78 is 5.28. The molecule has 0 aromatic carbocycles. The Morgan fingerprint density at radius 2 is 1.96 bits per heavy atom. The number of hydrogen-bond acceptors (Lipinski definition) is 4. The zero-order chi connectivity index (χ0) is 19.2. The largest absolute Gasteiger partial charge is 0.444 e. The van der Waals surface area contributed by atoms with Crippen LogP contribution in [0.25, 0.3) is 0 Å². The van der Waals surface area contributed by atoms with Crippen molar-refractivity contribution in [1.29, 1.82) is 0 Å². The first-order chi connectivity index (χ1) is 12.2. The summed E-state index contributed by atoms with van der Waals surface area (Å²) in [4.78, 5) is 28.6. The Morgan fingerprint density at radius 1 is 1.23 bits per heavy atom. The van der Waals surface area contributed by atoms with Crippen molar-refractivity contribution in [3.05, 3.63) is 30.1 Å². The predicted molar refractivity (Wildman–Crippen MR) is 101 cm³/mol. The van der Waals surface area contributed by atoms with E-state index in [2.05, 4.69) is 15.6 Å². The second kappa shape index (κ2) is 8.52. The minimum atomic E-state index is -0.533. The Hall–Kier alpha value is -2.11. The van der Waals surface area contributed by atoms with E-state index < -0.39 is 17.2 Å². The van der Waals surface area contributed by atoms with Gasteiger partial charge >= 0.3 is 6.09 Å². The lowest BCUT2D eigenvalue weighted by Crippen LogP contribution is -2.55. The van der Waals surface area contributed by atoms with Crippen LogP contribution in [0.1, 0.15) is 59.1 Å². The molecule has 2 N–H and O–H groups in total. The second-order valence-corrected chi connectivity index (χ2v) is 8.27. The number of nitrogens with one attached hydrogen (secondary N) is 2. The Kier molecular flexibility index (Phi) is 6.62. The molecule has 1 fully saturated rings. The fourth-order valence-electron chi connectivity index (χ4n) is 2.94. The van der Waals surface area contributed by atoms with Gasteiger partial charge in [0.1, 0.15) is 5.60 Å². The first-order valence-corrected chi connectivity index (χ1v) is 9.36. The molecule has 0 radical (unpaired) electrons. The molecule has 1 aliphatic rings. The van der Waals surface area contributed by atoms with Crippen LogP contribution in [0, 0.1) is 5.92 Å². The molecule has 1 unspecified atom stereocenters. The highest BCUT2D eigenvalue weighted by Gasteiger charge is 2.42. The van der Waals surface area contributed by atoms with Gasteiger partial charge in [0.2, 0.25) is 5.91 Å². The minimum absolute atomic E-state index is 0.0151. The van der Waals surface area contributed by atoms with E-state index in [4.69, 9.17) is 4.74 Å². The highest BCUT2D eigenvalue weighted by Crippen LogP contribution is 2.39. The van der Waals surface area contributed by atoms with E-state index in [1.165, 1.54) is 0 Å². The number of hydrogen-bond donors (Lipinski definition) is 2. The fraction of sp³-hybridized carbons (Fsp3) is 0.650. The summed E-state index contributed by atoms with van der Waals surface area (Å²) in [5.41, 5.74) is 0.0326. The van der Waals surface area contributed by atoms with Crippen molar-refractivity contribution in [3.8, 4) is 0 Å². The average Bonchev–Trinajstić information content (AvgIpc) is 3.38. The van der Waals surface area contributed by atoms with E-state index in [-0.39, 0.29) is 5.91 Å². The van der Waals surface area contributed by atoms with Gasteiger partial charge in [0.25, 0.3) is 0 Å². The third kappa shape index (κ3) is 7.02. The van der Waals surface area contributed by atoms with Crippen LogP contribution >= 0.6 is 0 Å². The molecule has 6 heteroatoms. The van der Waals surface area contributed by atoms with Crippen molar-refractivity contribution in [2.45, 2.75) is 70.9 Å². The maximum atomic E-state index is 12.4. The number of rotatable bonds is 8. The number of carbonyl (C=O) groups excluding carboxylic acids is 2. The molecule has 0 spiro atoms. The summed E-state index contributed by atoms with van der Waals surface area (Å²) in [5, 5.41) is 5.93. The maximum absolute atomic E-state index is 12.4. The maximum Gasteiger partial charge on any atom is 0.407 e. The van der Waals surface area contributed by atoms with Gasteiger partial charge in [0, 0.05) is 24.9 Å². The number of aryl methyl sites for hydroxylation is 1. The van der Waals surface area contributed by atoms with Crippen LogP contribution in [0.15, 0.2) is 24.4 Å². The highest BCUT2D eigenvalue weighted by molar-refractivity contribution is 5.77. The number of carbonyl (C=O) groups is 2. The van der Waals surface area contributed by atoms with E-state index in [1.54, 1.807) is 6.20 Å². The van der Waals surface area contributed by atoms with Crippen molar-refractivity contribution < 1.29 is 14.3 Å². The smallest absolute Gasteiger partial charge is 0.407 e. The predicted octanol–water partition coefficient (Wildman–Crippen LogP) is 3.21. The molecule has 1 aromatic heterocycles. The molecule has 1 heterocycles. The summed E-state index contributed by atoms with van der Waals surface area (Å²) in [6.07, 6.45) is 5.44. The van der Waals surface area contributed by atoms with Crippen LogP contribution in [0.5, 0.6) is 0 Å². The quantitative estimate of drug-likeness (QED) is 0.745. The van der Waals surface area contributed by atoms with Gasteiger partial charge in [-0.05, 0) is 71.4 Å². The Morgan fingerprint density at radius 3 is 2.54 bits per heavy atom. The fourth-order valence-corrected chi connectivity index (χ4v) is 2.94. The third-order valence-electron chi connectivity index (χ3n) is 4.47. The number of nitrogens with zero attached hydrogens (tertiary/aromatic N) is 1. The summed E-state index contributed by atoms with van der Waals surface area (Å²) >= 11 is 0. The second-order valence-electron chi connectivity index (χ2n) is 8.27. The number of alkyl carbamates (subject to hydrolysis) is 1. The molecular formula is C20H31N3O3. The van der Waals surface area contributed by atoms with Crippen LogP contribution in [-0.2, 0) is 16.0 Å². The molecular weight excluding hydrogens is 330 g/mol. The Balaban J connectivity index is 1.78. The van der Waals surface area contributed by atoms with E-state index >= 15 is 0 Å². The van der Waals surface area contributed by atoms with Gasteiger partial charge in [-0.3, -0.25) is 9.78 Å². The lowest BCUT2D eigenvalue weighted by Gasteiger charge is -2.32.